The van der Waals surface area contributed by atoms with Gasteiger partial charge in [0.15, 0.2) is 5.43 Å². The predicted molar refractivity (Wildman–Crippen MR) is 149 cm³/mol. The lowest BCUT2D eigenvalue weighted by atomic mass is 10.1. The van der Waals surface area contributed by atoms with Crippen LogP contribution < -0.4 is 10.9 Å². The van der Waals surface area contributed by atoms with Crippen LogP contribution in [-0.4, -0.2) is 21.3 Å². The van der Waals surface area contributed by atoms with Crippen molar-refractivity contribution in [2.45, 2.75) is 20.4 Å². The molecule has 1 amide bonds. The number of aromatic nitrogens is 2. The highest BCUT2D eigenvalue weighted by Crippen LogP contribution is 2.21. The summed E-state index contributed by atoms with van der Waals surface area (Å²) >= 11 is 2.29. The standard InChI is InChI=1S/C28H23IN4O2/c1-18-15-20(19(2)33(18)22-13-11-21(29)12-14-22)16-30-31-27(34)17-32-25-9-5-3-7-23(25)28(35)24-8-4-6-10-26(24)32/h3-16H,17H2,1-2H3,(H,31,34)/b30-16+. The molecule has 0 saturated carbocycles. The Morgan fingerprint density at radius 1 is 0.943 bits per heavy atom. The molecule has 5 rings (SSSR count). The summed E-state index contributed by atoms with van der Waals surface area (Å²) < 4.78 is 5.21. The van der Waals surface area contributed by atoms with Crippen LogP contribution in [-0.2, 0) is 11.3 Å². The van der Waals surface area contributed by atoms with Crippen LogP contribution in [0.5, 0.6) is 0 Å². The molecule has 0 fully saturated rings. The quantitative estimate of drug-likeness (QED) is 0.134. The number of nitrogens with one attached hydrogen (secondary N) is 1. The normalized spacial score (nSPS) is 11.5. The van der Waals surface area contributed by atoms with E-state index in [1.807, 2.05) is 60.9 Å². The molecule has 7 heteroatoms. The van der Waals surface area contributed by atoms with Crippen LogP contribution in [0.25, 0.3) is 27.5 Å². The third kappa shape index (κ3) is 4.39. The minimum atomic E-state index is -0.272. The number of carbonyl (C=O) groups excluding carboxylic acids is 1. The van der Waals surface area contributed by atoms with Gasteiger partial charge >= 0.3 is 0 Å². The van der Waals surface area contributed by atoms with Crippen molar-refractivity contribution < 1.29 is 4.79 Å². The maximum atomic E-state index is 12.9. The van der Waals surface area contributed by atoms with Crippen molar-refractivity contribution in [3.63, 3.8) is 0 Å². The number of fused-ring (bicyclic) bond motifs is 2. The number of hydrogen-bond acceptors (Lipinski definition) is 3. The molecule has 2 heterocycles. The molecular weight excluding hydrogens is 551 g/mol. The van der Waals surface area contributed by atoms with Crippen LogP contribution in [0.2, 0.25) is 0 Å². The minimum absolute atomic E-state index is 0.0330. The van der Waals surface area contributed by atoms with E-state index in [0.29, 0.717) is 10.8 Å². The molecule has 3 aromatic carbocycles. The third-order valence-electron chi connectivity index (χ3n) is 6.13. The Hall–Kier alpha value is -3.72. The number of nitrogens with zero attached hydrogens (tertiary/aromatic N) is 3. The summed E-state index contributed by atoms with van der Waals surface area (Å²) in [6, 6.07) is 25.1. The highest BCUT2D eigenvalue weighted by atomic mass is 127. The number of aryl methyl sites for hydroxylation is 1. The van der Waals surface area contributed by atoms with Crippen LogP contribution in [0.15, 0.2) is 88.8 Å². The van der Waals surface area contributed by atoms with E-state index < -0.39 is 0 Å². The van der Waals surface area contributed by atoms with Crippen LogP contribution in [0, 0.1) is 17.4 Å². The van der Waals surface area contributed by atoms with Gasteiger partial charge in [0.2, 0.25) is 0 Å². The second kappa shape index (κ2) is 9.50. The zero-order valence-electron chi connectivity index (χ0n) is 19.3. The van der Waals surface area contributed by atoms with E-state index in [0.717, 1.165) is 33.7 Å². The van der Waals surface area contributed by atoms with Crippen LogP contribution in [0.4, 0.5) is 0 Å². The number of halogens is 1. The van der Waals surface area contributed by atoms with Crippen molar-refractivity contribution in [3.05, 3.63) is 110 Å². The Labute approximate surface area is 216 Å². The number of benzene rings is 3. The second-order valence-electron chi connectivity index (χ2n) is 8.38. The second-order valence-corrected chi connectivity index (χ2v) is 9.63. The summed E-state index contributed by atoms with van der Waals surface area (Å²) in [6.45, 7) is 4.13. The van der Waals surface area contributed by atoms with E-state index in [1.54, 1.807) is 18.3 Å². The molecule has 5 aromatic rings. The zero-order valence-corrected chi connectivity index (χ0v) is 21.5. The molecule has 0 bridgehead atoms. The molecule has 0 unspecified atom stereocenters. The predicted octanol–water partition coefficient (Wildman–Crippen LogP) is 5.32. The number of carbonyl (C=O) groups is 1. The van der Waals surface area contributed by atoms with Gasteiger partial charge in [-0.15, -0.1) is 0 Å². The van der Waals surface area contributed by atoms with Gasteiger partial charge < -0.3 is 9.13 Å². The fourth-order valence-electron chi connectivity index (χ4n) is 4.51. The van der Waals surface area contributed by atoms with Gasteiger partial charge in [0.25, 0.3) is 5.91 Å². The molecule has 0 spiro atoms. The van der Waals surface area contributed by atoms with E-state index >= 15 is 0 Å². The third-order valence-corrected chi connectivity index (χ3v) is 6.85. The van der Waals surface area contributed by atoms with Gasteiger partial charge in [0.05, 0.1) is 17.2 Å². The molecule has 174 valence electrons. The first kappa shape index (κ1) is 23.0. The molecule has 0 aliphatic heterocycles. The number of pyridine rings is 1. The molecule has 35 heavy (non-hydrogen) atoms. The van der Waals surface area contributed by atoms with E-state index in [9.17, 15) is 9.59 Å². The summed E-state index contributed by atoms with van der Waals surface area (Å²) in [5.41, 5.74) is 8.20. The summed E-state index contributed by atoms with van der Waals surface area (Å²) in [7, 11) is 0. The van der Waals surface area contributed by atoms with Gasteiger partial charge in [0, 0.05) is 37.0 Å². The molecule has 0 aliphatic rings. The maximum Gasteiger partial charge on any atom is 0.260 e. The molecule has 6 nitrogen and oxygen atoms in total. The van der Waals surface area contributed by atoms with Crippen molar-refractivity contribution in [1.29, 1.82) is 0 Å². The lowest BCUT2D eigenvalue weighted by molar-refractivity contribution is -0.121. The summed E-state index contributed by atoms with van der Waals surface area (Å²) in [6.07, 6.45) is 1.67. The highest BCUT2D eigenvalue weighted by Gasteiger charge is 2.13. The Morgan fingerprint density at radius 3 is 2.17 bits per heavy atom. The lowest BCUT2D eigenvalue weighted by Crippen LogP contribution is -2.25. The average Bonchev–Trinajstić information content (AvgIpc) is 3.15. The number of hydrogen-bond donors (Lipinski definition) is 1. The number of rotatable bonds is 5. The Bertz CT molecular complexity index is 1600. The average molecular weight is 574 g/mol. The number of hydrazone groups is 1. The maximum absolute atomic E-state index is 12.9. The number of para-hydroxylation sites is 2. The fraction of sp³-hybridized carbons (Fsp3) is 0.107. The highest BCUT2D eigenvalue weighted by molar-refractivity contribution is 14.1. The van der Waals surface area contributed by atoms with Crippen LogP contribution in [0.3, 0.4) is 0 Å². The first-order valence-corrected chi connectivity index (χ1v) is 12.3. The Balaban J connectivity index is 1.40. The van der Waals surface area contributed by atoms with E-state index in [2.05, 4.69) is 62.0 Å². The molecule has 0 aliphatic carbocycles. The fourth-order valence-corrected chi connectivity index (χ4v) is 4.87. The van der Waals surface area contributed by atoms with E-state index in [4.69, 9.17) is 0 Å². The Kier molecular flexibility index (Phi) is 6.25. The van der Waals surface area contributed by atoms with Gasteiger partial charge in [0.1, 0.15) is 6.54 Å². The van der Waals surface area contributed by atoms with Gasteiger partial charge in [-0.05, 0) is 91.0 Å². The van der Waals surface area contributed by atoms with Crippen molar-refractivity contribution in [1.82, 2.24) is 14.6 Å². The summed E-state index contributed by atoms with van der Waals surface area (Å²) in [5.74, 6) is -0.272. The first-order chi connectivity index (χ1) is 16.9. The topological polar surface area (TPSA) is 68.4 Å². The minimum Gasteiger partial charge on any atom is -0.331 e. The van der Waals surface area contributed by atoms with Gasteiger partial charge in [-0.2, -0.15) is 5.10 Å². The molecule has 0 saturated heterocycles. The van der Waals surface area contributed by atoms with Gasteiger partial charge in [-0.3, -0.25) is 9.59 Å². The molecule has 0 radical (unpaired) electrons. The summed E-state index contributed by atoms with van der Waals surface area (Å²) in [5, 5.41) is 5.40. The molecule has 1 N–H and O–H groups in total. The van der Waals surface area contributed by atoms with Crippen molar-refractivity contribution in [3.8, 4) is 5.69 Å². The number of amides is 1. The SMILES string of the molecule is Cc1cc(/C=N/NC(=O)Cn2c3ccccc3c(=O)c3ccccc32)c(C)n1-c1ccc(I)cc1. The Morgan fingerprint density at radius 2 is 1.54 bits per heavy atom. The van der Waals surface area contributed by atoms with Crippen molar-refractivity contribution >= 4 is 56.5 Å². The smallest absolute Gasteiger partial charge is 0.260 e. The van der Waals surface area contributed by atoms with E-state index in [-0.39, 0.29) is 17.9 Å². The zero-order chi connectivity index (χ0) is 24.5. The molecule has 2 aromatic heterocycles. The monoisotopic (exact) mass is 574 g/mol. The van der Waals surface area contributed by atoms with Gasteiger partial charge in [-0.1, -0.05) is 24.3 Å². The lowest BCUT2D eigenvalue weighted by Gasteiger charge is -2.14. The van der Waals surface area contributed by atoms with Crippen molar-refractivity contribution in [2.75, 3.05) is 0 Å². The van der Waals surface area contributed by atoms with Crippen molar-refractivity contribution in [2.24, 2.45) is 5.10 Å². The summed E-state index contributed by atoms with van der Waals surface area (Å²) in [4.78, 5) is 25.8. The van der Waals surface area contributed by atoms with E-state index in [1.165, 1.54) is 3.57 Å². The molecule has 0 atom stereocenters. The first-order valence-electron chi connectivity index (χ1n) is 11.2. The van der Waals surface area contributed by atoms with Gasteiger partial charge in [-0.25, -0.2) is 5.43 Å². The largest absolute Gasteiger partial charge is 0.331 e. The van der Waals surface area contributed by atoms with Crippen LogP contribution in [0.1, 0.15) is 17.0 Å². The molecular formula is C28H23IN4O2. The van der Waals surface area contributed by atoms with Crippen LogP contribution >= 0.6 is 22.6 Å².